The zero-order valence-corrected chi connectivity index (χ0v) is 10.7. The Morgan fingerprint density at radius 3 is 2.27 bits per heavy atom. The van der Waals surface area contributed by atoms with Crippen molar-refractivity contribution in [2.75, 3.05) is 6.54 Å². The molecule has 2 N–H and O–H groups in total. The van der Waals surface area contributed by atoms with Gasteiger partial charge in [-0.05, 0) is 12.1 Å². The van der Waals surface area contributed by atoms with Gasteiger partial charge < -0.3 is 10.4 Å². The summed E-state index contributed by atoms with van der Waals surface area (Å²) >= 11 is 0. The molecule has 0 aliphatic heterocycles. The van der Waals surface area contributed by atoms with Gasteiger partial charge in [0.1, 0.15) is 6.54 Å². The molecule has 0 fully saturated rings. The van der Waals surface area contributed by atoms with E-state index in [1.165, 1.54) is 0 Å². The molecule has 9 heteroatoms. The Balaban J connectivity index is 2.33. The van der Waals surface area contributed by atoms with Gasteiger partial charge in [0, 0.05) is 11.1 Å². The van der Waals surface area contributed by atoms with E-state index in [0.717, 1.165) is 6.07 Å². The number of alkyl halides is 3. The number of aliphatic carboxylic acids is 1. The number of nitrogens with one attached hydrogen (secondary N) is 1. The SMILES string of the molecule is O=C(O)CNC(=O)C1C(=O)c2ccc(C(F)(F)F)cc2C1=O. The van der Waals surface area contributed by atoms with Crippen LogP contribution in [0.3, 0.4) is 0 Å². The third-order valence-electron chi connectivity index (χ3n) is 3.08. The maximum Gasteiger partial charge on any atom is 0.416 e. The van der Waals surface area contributed by atoms with Crippen molar-refractivity contribution in [2.45, 2.75) is 6.18 Å². The number of fused-ring (bicyclic) bond motifs is 1. The fourth-order valence-electron chi connectivity index (χ4n) is 2.07. The van der Waals surface area contributed by atoms with Crippen LogP contribution in [0.25, 0.3) is 0 Å². The number of Topliss-reactive ketones (excluding diaryl/α,β-unsaturated/α-hetero) is 2. The highest BCUT2D eigenvalue weighted by atomic mass is 19.4. The molecule has 1 aromatic carbocycles. The average molecular weight is 315 g/mol. The van der Waals surface area contributed by atoms with Crippen LogP contribution in [0.5, 0.6) is 0 Å². The number of carboxylic acids is 1. The highest BCUT2D eigenvalue weighted by Crippen LogP contribution is 2.34. The normalized spacial score (nSPS) is 17.3. The summed E-state index contributed by atoms with van der Waals surface area (Å²) in [5.74, 6) is -6.41. The highest BCUT2D eigenvalue weighted by molar-refractivity contribution is 6.35. The number of carbonyl (C=O) groups is 4. The first-order chi connectivity index (χ1) is 10.1. The van der Waals surface area contributed by atoms with Crippen LogP contribution >= 0.6 is 0 Å². The molecule has 1 aliphatic carbocycles. The Hall–Kier alpha value is -2.71. The van der Waals surface area contributed by atoms with Crippen molar-refractivity contribution in [3.05, 3.63) is 34.9 Å². The largest absolute Gasteiger partial charge is 0.480 e. The first-order valence-electron chi connectivity index (χ1n) is 5.92. The molecule has 116 valence electrons. The summed E-state index contributed by atoms with van der Waals surface area (Å²) in [5.41, 5.74) is -1.89. The Morgan fingerprint density at radius 1 is 1.14 bits per heavy atom. The van der Waals surface area contributed by atoms with Gasteiger partial charge in [0.25, 0.3) is 0 Å². The van der Waals surface area contributed by atoms with Crippen molar-refractivity contribution in [3.63, 3.8) is 0 Å². The van der Waals surface area contributed by atoms with Gasteiger partial charge in [0.05, 0.1) is 5.56 Å². The Morgan fingerprint density at radius 2 is 1.73 bits per heavy atom. The molecule has 0 heterocycles. The molecule has 0 bridgehead atoms. The lowest BCUT2D eigenvalue weighted by molar-refractivity contribution is -0.138. The van der Waals surface area contributed by atoms with Gasteiger partial charge in [-0.15, -0.1) is 0 Å². The van der Waals surface area contributed by atoms with Gasteiger partial charge in [-0.25, -0.2) is 0 Å². The molecular weight excluding hydrogens is 307 g/mol. The van der Waals surface area contributed by atoms with Crippen LogP contribution in [0.15, 0.2) is 18.2 Å². The highest BCUT2D eigenvalue weighted by Gasteiger charge is 2.44. The second kappa shape index (κ2) is 5.24. The third kappa shape index (κ3) is 2.69. The molecule has 1 unspecified atom stereocenters. The van der Waals surface area contributed by atoms with Crippen LogP contribution in [-0.2, 0) is 15.8 Å². The number of hydrogen-bond donors (Lipinski definition) is 2. The predicted molar refractivity (Wildman–Crippen MR) is 64.2 cm³/mol. The standard InChI is InChI=1S/C13H8F3NO5/c14-13(15,16)5-1-2-6-7(3-5)11(21)9(10(6)20)12(22)17-4-8(18)19/h1-3,9H,4H2,(H,17,22)(H,18,19). The van der Waals surface area contributed by atoms with Crippen LogP contribution in [0.2, 0.25) is 0 Å². The lowest BCUT2D eigenvalue weighted by Crippen LogP contribution is -2.39. The molecule has 1 aromatic rings. The number of carbonyl (C=O) groups excluding carboxylic acids is 3. The van der Waals surface area contributed by atoms with Crippen LogP contribution in [0.4, 0.5) is 13.2 Å². The van der Waals surface area contributed by atoms with Crippen LogP contribution in [0, 0.1) is 5.92 Å². The summed E-state index contributed by atoms with van der Waals surface area (Å²) in [6, 6.07) is 1.99. The van der Waals surface area contributed by atoms with Crippen LogP contribution in [-0.4, -0.2) is 35.1 Å². The quantitative estimate of drug-likeness (QED) is 0.807. The minimum atomic E-state index is -4.69. The van der Waals surface area contributed by atoms with E-state index >= 15 is 0 Å². The zero-order valence-electron chi connectivity index (χ0n) is 10.7. The number of carboxylic acid groups (broad SMARTS) is 1. The fourth-order valence-corrected chi connectivity index (χ4v) is 2.07. The van der Waals surface area contributed by atoms with Crippen molar-refractivity contribution in [1.29, 1.82) is 0 Å². The molecule has 0 radical (unpaired) electrons. The van der Waals surface area contributed by atoms with Gasteiger partial charge in [-0.3, -0.25) is 19.2 Å². The fraction of sp³-hybridized carbons (Fsp3) is 0.231. The Bertz CT molecular complexity index is 695. The summed E-state index contributed by atoms with van der Waals surface area (Å²) < 4.78 is 37.8. The number of hydrogen-bond acceptors (Lipinski definition) is 4. The van der Waals surface area contributed by atoms with E-state index in [2.05, 4.69) is 0 Å². The van der Waals surface area contributed by atoms with E-state index in [-0.39, 0.29) is 5.56 Å². The van der Waals surface area contributed by atoms with Gasteiger partial charge in [-0.1, -0.05) is 6.07 Å². The molecular formula is C13H8F3NO5. The molecule has 1 atom stereocenters. The van der Waals surface area contributed by atoms with E-state index in [1.54, 1.807) is 0 Å². The van der Waals surface area contributed by atoms with Crippen LogP contribution < -0.4 is 5.32 Å². The zero-order chi connectivity index (χ0) is 16.7. The van der Waals surface area contributed by atoms with E-state index in [1.807, 2.05) is 5.32 Å². The first-order valence-corrected chi connectivity index (χ1v) is 5.92. The van der Waals surface area contributed by atoms with Crippen molar-refractivity contribution in [2.24, 2.45) is 5.92 Å². The number of benzene rings is 1. The third-order valence-corrected chi connectivity index (χ3v) is 3.08. The van der Waals surface area contributed by atoms with Gasteiger partial charge in [0.15, 0.2) is 17.5 Å². The molecule has 22 heavy (non-hydrogen) atoms. The van der Waals surface area contributed by atoms with Crippen molar-refractivity contribution >= 4 is 23.4 Å². The van der Waals surface area contributed by atoms with E-state index in [0.29, 0.717) is 12.1 Å². The van der Waals surface area contributed by atoms with Gasteiger partial charge in [-0.2, -0.15) is 13.2 Å². The number of halogens is 3. The van der Waals surface area contributed by atoms with E-state index in [4.69, 9.17) is 5.11 Å². The summed E-state index contributed by atoms with van der Waals surface area (Å²) in [6.45, 7) is -0.806. The Labute approximate surface area is 120 Å². The minimum Gasteiger partial charge on any atom is -0.480 e. The molecule has 1 amide bonds. The Kier molecular flexibility index (Phi) is 3.74. The molecule has 0 saturated carbocycles. The molecule has 6 nitrogen and oxygen atoms in total. The van der Waals surface area contributed by atoms with E-state index in [9.17, 15) is 32.3 Å². The average Bonchev–Trinajstić information content (AvgIpc) is 2.67. The smallest absolute Gasteiger partial charge is 0.416 e. The summed E-state index contributed by atoms with van der Waals surface area (Å²) in [5, 5.41) is 10.3. The van der Waals surface area contributed by atoms with Crippen molar-refractivity contribution in [3.8, 4) is 0 Å². The summed E-state index contributed by atoms with van der Waals surface area (Å²) in [4.78, 5) is 45.9. The van der Waals surface area contributed by atoms with Crippen molar-refractivity contribution in [1.82, 2.24) is 5.32 Å². The molecule has 2 rings (SSSR count). The van der Waals surface area contributed by atoms with Gasteiger partial charge >= 0.3 is 12.1 Å². The molecule has 1 aliphatic rings. The van der Waals surface area contributed by atoms with E-state index < -0.39 is 53.2 Å². The monoisotopic (exact) mass is 315 g/mol. The summed E-state index contributed by atoms with van der Waals surface area (Å²) in [7, 11) is 0. The molecule has 0 saturated heterocycles. The predicted octanol–water partition coefficient (Wildman–Crippen LogP) is 0.901. The second-order valence-corrected chi connectivity index (χ2v) is 4.53. The van der Waals surface area contributed by atoms with Gasteiger partial charge in [0.2, 0.25) is 5.91 Å². The molecule has 0 spiro atoms. The summed E-state index contributed by atoms with van der Waals surface area (Å²) in [6.07, 6.45) is -4.69. The first kappa shape index (κ1) is 15.7. The lowest BCUT2D eigenvalue weighted by atomic mass is 10.0. The lowest BCUT2D eigenvalue weighted by Gasteiger charge is -2.07. The van der Waals surface area contributed by atoms with Crippen LogP contribution in [0.1, 0.15) is 26.3 Å². The number of ketones is 2. The minimum absolute atomic E-state index is 0.284. The maximum atomic E-state index is 12.6. The second-order valence-electron chi connectivity index (χ2n) is 4.53. The number of rotatable bonds is 3. The molecule has 0 aromatic heterocycles. The van der Waals surface area contributed by atoms with Crippen molar-refractivity contribution < 1.29 is 37.5 Å². The maximum absolute atomic E-state index is 12.6. The topological polar surface area (TPSA) is 101 Å². The number of amides is 1.